The van der Waals surface area contributed by atoms with Gasteiger partial charge in [-0.1, -0.05) is 41.9 Å². The summed E-state index contributed by atoms with van der Waals surface area (Å²) in [6.07, 6.45) is 0. The Labute approximate surface area is 194 Å². The van der Waals surface area contributed by atoms with Crippen LogP contribution in [0.25, 0.3) is 11.0 Å². The second-order valence-electron chi connectivity index (χ2n) is 7.98. The van der Waals surface area contributed by atoms with Gasteiger partial charge in [0.05, 0.1) is 24.1 Å². The van der Waals surface area contributed by atoms with Gasteiger partial charge in [0.15, 0.2) is 5.43 Å². The predicted octanol–water partition coefficient (Wildman–Crippen LogP) is 5.65. The van der Waals surface area contributed by atoms with Crippen molar-refractivity contribution >= 4 is 28.5 Å². The van der Waals surface area contributed by atoms with E-state index < -0.39 is 23.2 Å². The van der Waals surface area contributed by atoms with Gasteiger partial charge in [0, 0.05) is 17.1 Å². The van der Waals surface area contributed by atoms with E-state index in [-0.39, 0.29) is 34.4 Å². The van der Waals surface area contributed by atoms with Crippen LogP contribution in [0.3, 0.4) is 0 Å². The fourth-order valence-corrected chi connectivity index (χ4v) is 4.42. The molecule has 0 saturated heterocycles. The average molecular weight is 464 g/mol. The topological polar surface area (TPSA) is 59.8 Å². The molecule has 1 aliphatic rings. The number of ether oxygens (including phenoxy) is 1. The molecular formula is C26H19ClFNO4. The fourth-order valence-electron chi connectivity index (χ4n) is 4.25. The minimum atomic E-state index is -0.934. The molecule has 0 saturated carbocycles. The predicted molar refractivity (Wildman–Crippen MR) is 123 cm³/mol. The van der Waals surface area contributed by atoms with E-state index in [1.807, 2.05) is 12.1 Å². The quantitative estimate of drug-likeness (QED) is 0.392. The summed E-state index contributed by atoms with van der Waals surface area (Å²) in [6.45, 7) is 1.94. The van der Waals surface area contributed by atoms with Crippen LogP contribution in [0.4, 0.5) is 4.39 Å². The fraction of sp³-hybridized carbons (Fsp3) is 0.154. The van der Waals surface area contributed by atoms with Gasteiger partial charge in [0.2, 0.25) is 5.76 Å². The molecule has 0 N–H and O–H groups in total. The SMILES string of the molecule is COc1ccc(CN2C(=O)c3oc4cc(C)c(Cl)cc4c(=O)c3C2c2ccccc2F)cc1. The third-order valence-corrected chi connectivity index (χ3v) is 6.37. The number of nitrogens with zero attached hydrogens (tertiary/aromatic N) is 1. The van der Waals surface area contributed by atoms with Crippen molar-refractivity contribution in [1.29, 1.82) is 0 Å². The van der Waals surface area contributed by atoms with Crippen molar-refractivity contribution in [2.24, 2.45) is 0 Å². The molecule has 7 heteroatoms. The van der Waals surface area contributed by atoms with E-state index in [9.17, 15) is 14.0 Å². The summed E-state index contributed by atoms with van der Waals surface area (Å²) in [5, 5.41) is 0.668. The summed E-state index contributed by atoms with van der Waals surface area (Å²) in [5.41, 5.74) is 1.74. The molecule has 0 radical (unpaired) electrons. The van der Waals surface area contributed by atoms with Crippen molar-refractivity contribution in [2.75, 3.05) is 7.11 Å². The van der Waals surface area contributed by atoms with Gasteiger partial charge in [0.1, 0.15) is 17.1 Å². The lowest BCUT2D eigenvalue weighted by Crippen LogP contribution is -2.29. The number of fused-ring (bicyclic) bond motifs is 2. The molecule has 0 fully saturated rings. The number of amides is 1. The maximum absolute atomic E-state index is 14.9. The number of methoxy groups -OCH3 is 1. The van der Waals surface area contributed by atoms with E-state index in [2.05, 4.69) is 0 Å². The molecule has 0 spiro atoms. The third-order valence-electron chi connectivity index (χ3n) is 5.96. The Morgan fingerprint density at radius 2 is 1.82 bits per heavy atom. The molecule has 5 rings (SSSR count). The summed E-state index contributed by atoms with van der Waals surface area (Å²) in [5.74, 6) is -0.378. The summed E-state index contributed by atoms with van der Waals surface area (Å²) in [4.78, 5) is 28.5. The largest absolute Gasteiger partial charge is 0.497 e. The molecule has 2 heterocycles. The van der Waals surface area contributed by atoms with Gasteiger partial charge in [-0.3, -0.25) is 9.59 Å². The Kier molecular flexibility index (Phi) is 5.17. The minimum Gasteiger partial charge on any atom is -0.497 e. The van der Waals surface area contributed by atoms with Gasteiger partial charge < -0.3 is 14.1 Å². The molecule has 1 aromatic heterocycles. The van der Waals surface area contributed by atoms with Crippen molar-refractivity contribution < 1.29 is 18.3 Å². The maximum Gasteiger partial charge on any atom is 0.291 e. The molecule has 166 valence electrons. The molecule has 0 aliphatic carbocycles. The van der Waals surface area contributed by atoms with E-state index in [0.29, 0.717) is 10.8 Å². The van der Waals surface area contributed by atoms with Gasteiger partial charge >= 0.3 is 0 Å². The zero-order valence-electron chi connectivity index (χ0n) is 17.9. The van der Waals surface area contributed by atoms with Crippen LogP contribution in [0, 0.1) is 12.7 Å². The molecule has 1 atom stereocenters. The van der Waals surface area contributed by atoms with E-state index in [0.717, 1.165) is 11.1 Å². The molecule has 4 aromatic rings. The number of halogens is 2. The Morgan fingerprint density at radius 3 is 2.52 bits per heavy atom. The van der Waals surface area contributed by atoms with E-state index in [1.54, 1.807) is 50.4 Å². The average Bonchev–Trinajstić information content (AvgIpc) is 3.08. The summed E-state index contributed by atoms with van der Waals surface area (Å²) in [7, 11) is 1.57. The molecular weight excluding hydrogens is 445 g/mol. The Bertz CT molecular complexity index is 1460. The first kappa shape index (κ1) is 21.2. The van der Waals surface area contributed by atoms with Crippen molar-refractivity contribution in [3.63, 3.8) is 0 Å². The van der Waals surface area contributed by atoms with Gasteiger partial charge in [-0.05, 0) is 48.4 Å². The first-order valence-corrected chi connectivity index (χ1v) is 10.7. The highest BCUT2D eigenvalue weighted by Gasteiger charge is 2.43. The first-order valence-electron chi connectivity index (χ1n) is 10.3. The van der Waals surface area contributed by atoms with Gasteiger partial charge in [-0.15, -0.1) is 0 Å². The number of aryl methyl sites for hydroxylation is 1. The normalized spacial score (nSPS) is 15.2. The molecule has 1 unspecified atom stereocenters. The highest BCUT2D eigenvalue weighted by molar-refractivity contribution is 6.32. The van der Waals surface area contributed by atoms with Crippen molar-refractivity contribution in [1.82, 2.24) is 4.90 Å². The molecule has 1 aliphatic heterocycles. The van der Waals surface area contributed by atoms with Crippen LogP contribution < -0.4 is 10.2 Å². The highest BCUT2D eigenvalue weighted by Crippen LogP contribution is 2.40. The van der Waals surface area contributed by atoms with Crippen LogP contribution in [0.2, 0.25) is 5.02 Å². The molecule has 33 heavy (non-hydrogen) atoms. The monoisotopic (exact) mass is 463 g/mol. The number of hydrogen-bond donors (Lipinski definition) is 0. The standard InChI is InChI=1S/C26H19ClFNO4/c1-14-11-21-18(12-19(14)27)24(30)22-23(17-5-3-4-6-20(17)28)29(26(31)25(22)33-21)13-15-7-9-16(32-2)10-8-15/h3-12,23H,13H2,1-2H3. The lowest BCUT2D eigenvalue weighted by atomic mass is 9.97. The first-order chi connectivity index (χ1) is 15.9. The van der Waals surface area contributed by atoms with Crippen LogP contribution in [-0.4, -0.2) is 17.9 Å². The van der Waals surface area contributed by atoms with Gasteiger partial charge in [0.25, 0.3) is 5.91 Å². The van der Waals surface area contributed by atoms with Crippen molar-refractivity contribution in [3.8, 4) is 5.75 Å². The van der Waals surface area contributed by atoms with Crippen LogP contribution in [0.5, 0.6) is 5.75 Å². The second kappa shape index (κ2) is 8.05. The number of carbonyl (C=O) groups excluding carboxylic acids is 1. The zero-order valence-corrected chi connectivity index (χ0v) is 18.7. The summed E-state index contributed by atoms with van der Waals surface area (Å²) >= 11 is 6.25. The lowest BCUT2D eigenvalue weighted by Gasteiger charge is -2.25. The Balaban J connectivity index is 1.72. The van der Waals surface area contributed by atoms with Crippen LogP contribution >= 0.6 is 11.6 Å². The zero-order chi connectivity index (χ0) is 23.3. The Hall–Kier alpha value is -3.64. The second-order valence-corrected chi connectivity index (χ2v) is 8.38. The molecule has 1 amide bonds. The molecule has 5 nitrogen and oxygen atoms in total. The van der Waals surface area contributed by atoms with Gasteiger partial charge in [-0.25, -0.2) is 4.39 Å². The van der Waals surface area contributed by atoms with Crippen LogP contribution in [0.1, 0.15) is 38.9 Å². The van der Waals surface area contributed by atoms with E-state index in [1.165, 1.54) is 17.0 Å². The van der Waals surface area contributed by atoms with E-state index >= 15 is 0 Å². The van der Waals surface area contributed by atoms with Crippen molar-refractivity contribution in [3.05, 3.63) is 110 Å². The minimum absolute atomic E-state index is 0.0732. The summed E-state index contributed by atoms with van der Waals surface area (Å²) < 4.78 is 26.1. The highest BCUT2D eigenvalue weighted by atomic mass is 35.5. The van der Waals surface area contributed by atoms with Gasteiger partial charge in [-0.2, -0.15) is 0 Å². The smallest absolute Gasteiger partial charge is 0.291 e. The number of benzene rings is 3. The molecule has 0 bridgehead atoms. The summed E-state index contributed by atoms with van der Waals surface area (Å²) in [6, 6.07) is 15.6. The van der Waals surface area contributed by atoms with Crippen LogP contribution in [0.15, 0.2) is 69.9 Å². The van der Waals surface area contributed by atoms with Crippen LogP contribution in [-0.2, 0) is 6.54 Å². The molecule has 3 aromatic carbocycles. The lowest BCUT2D eigenvalue weighted by molar-refractivity contribution is 0.0712. The van der Waals surface area contributed by atoms with E-state index in [4.69, 9.17) is 20.8 Å². The number of hydrogen-bond acceptors (Lipinski definition) is 4. The van der Waals surface area contributed by atoms with Crippen molar-refractivity contribution in [2.45, 2.75) is 19.5 Å². The Morgan fingerprint density at radius 1 is 1.09 bits per heavy atom. The third kappa shape index (κ3) is 3.47. The maximum atomic E-state index is 14.9. The number of rotatable bonds is 4. The number of carbonyl (C=O) groups is 1.